The monoisotopic (exact) mass is 268 g/mol. The van der Waals surface area contributed by atoms with Gasteiger partial charge in [0.15, 0.2) is 0 Å². The number of rotatable bonds is 7. The SMILES string of the molecule is COCC(CCCN)NC1C2(C)CCC(C2)C1(C)C. The molecule has 0 radical (unpaired) electrons. The van der Waals surface area contributed by atoms with Gasteiger partial charge in [0.05, 0.1) is 6.61 Å². The Balaban J connectivity index is 2.03. The zero-order chi connectivity index (χ0) is 14.1. The largest absolute Gasteiger partial charge is 0.383 e. The van der Waals surface area contributed by atoms with Crippen molar-refractivity contribution in [1.29, 1.82) is 0 Å². The van der Waals surface area contributed by atoms with Crippen LogP contribution in [0.3, 0.4) is 0 Å². The molecule has 112 valence electrons. The van der Waals surface area contributed by atoms with Gasteiger partial charge in [-0.05, 0) is 55.4 Å². The van der Waals surface area contributed by atoms with Crippen molar-refractivity contribution in [1.82, 2.24) is 5.32 Å². The third-order valence-electron chi connectivity index (χ3n) is 5.80. The van der Waals surface area contributed by atoms with E-state index in [1.165, 1.54) is 19.3 Å². The van der Waals surface area contributed by atoms with Gasteiger partial charge in [0, 0.05) is 19.2 Å². The van der Waals surface area contributed by atoms with Crippen LogP contribution in [-0.2, 0) is 4.74 Å². The second-order valence-electron chi connectivity index (χ2n) is 7.60. The Morgan fingerprint density at radius 3 is 2.63 bits per heavy atom. The predicted molar refractivity (Wildman–Crippen MR) is 80.1 cm³/mol. The highest BCUT2D eigenvalue weighted by molar-refractivity contribution is 5.12. The summed E-state index contributed by atoms with van der Waals surface area (Å²) in [5.74, 6) is 0.896. The lowest BCUT2D eigenvalue weighted by atomic mass is 9.68. The summed E-state index contributed by atoms with van der Waals surface area (Å²) in [5.41, 5.74) is 6.56. The van der Waals surface area contributed by atoms with Crippen molar-refractivity contribution in [3.63, 3.8) is 0 Å². The molecule has 3 N–H and O–H groups in total. The van der Waals surface area contributed by atoms with Gasteiger partial charge in [0.2, 0.25) is 0 Å². The lowest BCUT2D eigenvalue weighted by Crippen LogP contribution is -2.54. The Labute approximate surface area is 118 Å². The third kappa shape index (κ3) is 2.84. The molecule has 0 spiro atoms. The maximum Gasteiger partial charge on any atom is 0.0615 e. The Kier molecular flexibility index (Phi) is 4.59. The number of methoxy groups -OCH3 is 1. The molecule has 3 nitrogen and oxygen atoms in total. The second-order valence-corrected chi connectivity index (χ2v) is 7.60. The summed E-state index contributed by atoms with van der Waals surface area (Å²) in [4.78, 5) is 0. The molecule has 0 aromatic rings. The molecule has 0 amide bonds. The van der Waals surface area contributed by atoms with E-state index in [1.54, 1.807) is 7.11 Å². The lowest BCUT2D eigenvalue weighted by Gasteiger charge is -2.45. The Hall–Kier alpha value is -0.120. The lowest BCUT2D eigenvalue weighted by molar-refractivity contribution is 0.0755. The van der Waals surface area contributed by atoms with E-state index in [2.05, 4.69) is 26.1 Å². The molecule has 0 saturated heterocycles. The molecule has 4 atom stereocenters. The fraction of sp³-hybridized carbons (Fsp3) is 1.00. The zero-order valence-corrected chi connectivity index (χ0v) is 13.2. The molecule has 2 rings (SSSR count). The Morgan fingerprint density at radius 2 is 2.11 bits per heavy atom. The van der Waals surface area contributed by atoms with E-state index in [0.29, 0.717) is 22.9 Å². The van der Waals surface area contributed by atoms with Crippen molar-refractivity contribution < 1.29 is 4.74 Å². The van der Waals surface area contributed by atoms with Gasteiger partial charge in [-0.2, -0.15) is 0 Å². The average molecular weight is 268 g/mol. The quantitative estimate of drug-likeness (QED) is 0.746. The highest BCUT2D eigenvalue weighted by atomic mass is 16.5. The van der Waals surface area contributed by atoms with Crippen molar-refractivity contribution in [3.8, 4) is 0 Å². The summed E-state index contributed by atoms with van der Waals surface area (Å²) in [6.07, 6.45) is 6.40. The van der Waals surface area contributed by atoms with Crippen LogP contribution in [0.2, 0.25) is 0 Å². The van der Waals surface area contributed by atoms with Crippen LogP contribution in [0, 0.1) is 16.7 Å². The third-order valence-corrected chi connectivity index (χ3v) is 5.80. The summed E-state index contributed by atoms with van der Waals surface area (Å²) < 4.78 is 5.39. The molecule has 0 heterocycles. The van der Waals surface area contributed by atoms with E-state index < -0.39 is 0 Å². The minimum atomic E-state index is 0.418. The van der Waals surface area contributed by atoms with Crippen LogP contribution in [0.15, 0.2) is 0 Å². The number of fused-ring (bicyclic) bond motifs is 2. The highest BCUT2D eigenvalue weighted by Crippen LogP contribution is 2.62. The predicted octanol–water partition coefficient (Wildman–Crippen LogP) is 2.54. The fourth-order valence-electron chi connectivity index (χ4n) is 4.73. The van der Waals surface area contributed by atoms with Gasteiger partial charge in [-0.3, -0.25) is 0 Å². The normalized spacial score (nSPS) is 37.7. The first-order valence-electron chi connectivity index (χ1n) is 7.89. The van der Waals surface area contributed by atoms with Crippen LogP contribution in [0.25, 0.3) is 0 Å². The summed E-state index contributed by atoms with van der Waals surface area (Å²) in [7, 11) is 1.80. The van der Waals surface area contributed by atoms with Gasteiger partial charge in [-0.25, -0.2) is 0 Å². The standard InChI is InChI=1S/C16H32N2O/c1-15(2)12-7-8-16(3,10-12)14(15)18-13(11-19-4)6-5-9-17/h12-14,18H,5-11,17H2,1-4H3. The zero-order valence-electron chi connectivity index (χ0n) is 13.2. The number of hydrogen-bond donors (Lipinski definition) is 2. The molecule has 3 heteroatoms. The minimum absolute atomic E-state index is 0.418. The molecule has 0 aliphatic heterocycles. The van der Waals surface area contributed by atoms with Crippen LogP contribution in [-0.4, -0.2) is 32.3 Å². The van der Waals surface area contributed by atoms with Gasteiger partial charge in [0.1, 0.15) is 0 Å². The molecular weight excluding hydrogens is 236 g/mol. The maximum absolute atomic E-state index is 5.65. The van der Waals surface area contributed by atoms with Gasteiger partial charge < -0.3 is 15.8 Å². The highest BCUT2D eigenvalue weighted by Gasteiger charge is 2.59. The van der Waals surface area contributed by atoms with E-state index in [1.807, 2.05) is 0 Å². The molecule has 0 aromatic heterocycles. The van der Waals surface area contributed by atoms with Gasteiger partial charge in [-0.15, -0.1) is 0 Å². The molecule has 2 saturated carbocycles. The minimum Gasteiger partial charge on any atom is -0.383 e. The van der Waals surface area contributed by atoms with Gasteiger partial charge in [0.25, 0.3) is 0 Å². The number of ether oxygens (including phenoxy) is 1. The molecule has 4 unspecified atom stereocenters. The van der Waals surface area contributed by atoms with Crippen LogP contribution in [0.1, 0.15) is 52.9 Å². The van der Waals surface area contributed by atoms with E-state index in [-0.39, 0.29) is 0 Å². The van der Waals surface area contributed by atoms with E-state index in [9.17, 15) is 0 Å². The van der Waals surface area contributed by atoms with Crippen LogP contribution >= 0.6 is 0 Å². The van der Waals surface area contributed by atoms with Crippen LogP contribution in [0.5, 0.6) is 0 Å². The summed E-state index contributed by atoms with van der Waals surface area (Å²) in [5, 5.41) is 3.93. The first-order chi connectivity index (χ1) is 8.94. The molecular formula is C16H32N2O. The van der Waals surface area contributed by atoms with Gasteiger partial charge >= 0.3 is 0 Å². The topological polar surface area (TPSA) is 47.3 Å². The first kappa shape index (κ1) is 15.3. The van der Waals surface area contributed by atoms with E-state index in [4.69, 9.17) is 10.5 Å². The van der Waals surface area contributed by atoms with E-state index in [0.717, 1.165) is 31.9 Å². The number of nitrogens with two attached hydrogens (primary N) is 1. The average Bonchev–Trinajstić information content (AvgIpc) is 2.82. The van der Waals surface area contributed by atoms with Crippen molar-refractivity contribution in [2.24, 2.45) is 22.5 Å². The molecule has 2 bridgehead atoms. The second kappa shape index (κ2) is 5.71. The van der Waals surface area contributed by atoms with Crippen molar-refractivity contribution >= 4 is 0 Å². The Bertz CT molecular complexity index is 300. The molecule has 19 heavy (non-hydrogen) atoms. The van der Waals surface area contributed by atoms with Crippen LogP contribution in [0.4, 0.5) is 0 Å². The van der Waals surface area contributed by atoms with Crippen LogP contribution < -0.4 is 11.1 Å². The summed E-state index contributed by atoms with van der Waals surface area (Å²) >= 11 is 0. The Morgan fingerprint density at radius 1 is 1.37 bits per heavy atom. The fourth-order valence-corrected chi connectivity index (χ4v) is 4.73. The molecule has 0 aromatic carbocycles. The van der Waals surface area contributed by atoms with Gasteiger partial charge in [-0.1, -0.05) is 20.8 Å². The molecule has 2 fully saturated rings. The molecule has 2 aliphatic carbocycles. The first-order valence-corrected chi connectivity index (χ1v) is 7.89. The summed E-state index contributed by atoms with van der Waals surface area (Å²) in [6, 6.07) is 1.07. The number of hydrogen-bond acceptors (Lipinski definition) is 3. The number of nitrogens with one attached hydrogen (secondary N) is 1. The van der Waals surface area contributed by atoms with Crippen molar-refractivity contribution in [3.05, 3.63) is 0 Å². The summed E-state index contributed by atoms with van der Waals surface area (Å²) in [6.45, 7) is 8.95. The van der Waals surface area contributed by atoms with E-state index >= 15 is 0 Å². The van der Waals surface area contributed by atoms with Crippen molar-refractivity contribution in [2.75, 3.05) is 20.3 Å². The maximum atomic E-state index is 5.65. The van der Waals surface area contributed by atoms with Crippen molar-refractivity contribution in [2.45, 2.75) is 65.0 Å². The smallest absolute Gasteiger partial charge is 0.0615 e. The molecule has 2 aliphatic rings.